The summed E-state index contributed by atoms with van der Waals surface area (Å²) in [5.74, 6) is -0.331. The number of benzene rings is 2. The van der Waals surface area contributed by atoms with Gasteiger partial charge in [-0.25, -0.2) is 5.43 Å². The number of nitro benzene ring substituents is 1. The van der Waals surface area contributed by atoms with Crippen LogP contribution in [0.4, 0.5) is 5.69 Å². The number of aromatic nitrogens is 1. The van der Waals surface area contributed by atoms with Crippen molar-refractivity contribution < 1.29 is 9.72 Å². The summed E-state index contributed by atoms with van der Waals surface area (Å²) in [7, 11) is 0. The number of carbonyl (C=O) groups is 1. The minimum atomic E-state index is -0.433. The summed E-state index contributed by atoms with van der Waals surface area (Å²) in [5, 5.41) is 17.1. The van der Waals surface area contributed by atoms with Gasteiger partial charge in [0.2, 0.25) is 4.80 Å². The molecule has 2 aromatic carbocycles. The van der Waals surface area contributed by atoms with E-state index < -0.39 is 4.92 Å². The van der Waals surface area contributed by atoms with Crippen LogP contribution in [0.3, 0.4) is 0 Å². The summed E-state index contributed by atoms with van der Waals surface area (Å²) >= 11 is 4.65. The lowest BCUT2D eigenvalue weighted by molar-refractivity contribution is -0.384. The number of hydrogen-bond donors (Lipinski definition) is 1. The van der Waals surface area contributed by atoms with Gasteiger partial charge in [-0.15, -0.1) is 23.0 Å². The summed E-state index contributed by atoms with van der Waals surface area (Å²) < 4.78 is 2.71. The highest BCUT2D eigenvalue weighted by atomic mass is 79.9. The van der Waals surface area contributed by atoms with Crippen molar-refractivity contribution in [2.75, 3.05) is 0 Å². The number of nitro groups is 1. The molecule has 0 saturated heterocycles. The monoisotopic (exact) mass is 458 g/mol. The third kappa shape index (κ3) is 4.44. The van der Waals surface area contributed by atoms with E-state index >= 15 is 0 Å². The Kier molecular flexibility index (Phi) is 6.17. The van der Waals surface area contributed by atoms with Crippen LogP contribution in [0.25, 0.3) is 11.3 Å². The lowest BCUT2D eigenvalue weighted by atomic mass is 10.1. The van der Waals surface area contributed by atoms with Crippen molar-refractivity contribution >= 4 is 38.9 Å². The average Bonchev–Trinajstić information content (AvgIpc) is 3.09. The van der Waals surface area contributed by atoms with Gasteiger partial charge in [0.25, 0.3) is 11.6 Å². The first-order valence-corrected chi connectivity index (χ1v) is 9.80. The van der Waals surface area contributed by atoms with Crippen molar-refractivity contribution in [3.05, 3.63) is 91.5 Å². The second-order valence-electron chi connectivity index (χ2n) is 5.67. The lowest BCUT2D eigenvalue weighted by Crippen LogP contribution is -2.24. The predicted octanol–water partition coefficient (Wildman–Crippen LogP) is 4.32. The molecule has 1 N–H and O–H groups in total. The van der Waals surface area contributed by atoms with Crippen LogP contribution in [0.1, 0.15) is 10.4 Å². The molecule has 3 rings (SSSR count). The molecule has 0 bridgehead atoms. The average molecular weight is 459 g/mol. The zero-order valence-electron chi connectivity index (χ0n) is 14.5. The van der Waals surface area contributed by atoms with Gasteiger partial charge in [0.15, 0.2) is 0 Å². The molecule has 9 heteroatoms. The van der Waals surface area contributed by atoms with Crippen LogP contribution < -0.4 is 10.2 Å². The Labute approximate surface area is 172 Å². The van der Waals surface area contributed by atoms with Crippen molar-refractivity contribution in [2.24, 2.45) is 5.10 Å². The van der Waals surface area contributed by atoms with Crippen molar-refractivity contribution in [3.8, 4) is 11.3 Å². The molecule has 1 amide bonds. The summed E-state index contributed by atoms with van der Waals surface area (Å²) in [4.78, 5) is 23.4. The van der Waals surface area contributed by atoms with E-state index in [2.05, 4.69) is 33.0 Å². The van der Waals surface area contributed by atoms with E-state index in [1.165, 1.54) is 23.5 Å². The molecule has 0 unspecified atom stereocenters. The number of non-ortho nitro benzene ring substituents is 1. The molecule has 0 aliphatic rings. The summed E-state index contributed by atoms with van der Waals surface area (Å²) in [5.41, 5.74) is 4.48. The molecule has 3 aromatic rings. The maximum absolute atomic E-state index is 12.3. The Bertz CT molecular complexity index is 1100. The van der Waals surface area contributed by atoms with Crippen LogP contribution in [-0.4, -0.2) is 15.4 Å². The number of halogens is 1. The fourth-order valence-electron chi connectivity index (χ4n) is 2.50. The first-order chi connectivity index (χ1) is 13.5. The van der Waals surface area contributed by atoms with Gasteiger partial charge >= 0.3 is 0 Å². The highest BCUT2D eigenvalue weighted by Gasteiger charge is 2.12. The van der Waals surface area contributed by atoms with Gasteiger partial charge in [-0.1, -0.05) is 34.1 Å². The van der Waals surface area contributed by atoms with Crippen molar-refractivity contribution in [1.29, 1.82) is 0 Å². The van der Waals surface area contributed by atoms with E-state index in [4.69, 9.17) is 0 Å². The summed E-state index contributed by atoms with van der Waals surface area (Å²) in [6, 6.07) is 13.3. The number of amides is 1. The Hall–Kier alpha value is -3.04. The number of rotatable bonds is 6. The van der Waals surface area contributed by atoms with Crippen LogP contribution in [-0.2, 0) is 6.54 Å². The SMILES string of the molecule is C=CCn1c(-c2cccc([N+](=O)[O-])c2)csc1=NNC(=O)c1ccc(Br)cc1. The van der Waals surface area contributed by atoms with Gasteiger partial charge in [0.1, 0.15) is 0 Å². The predicted molar refractivity (Wildman–Crippen MR) is 112 cm³/mol. The van der Waals surface area contributed by atoms with Gasteiger partial charge in [0, 0.05) is 39.7 Å². The Balaban J connectivity index is 1.94. The molecule has 0 atom stereocenters. The lowest BCUT2D eigenvalue weighted by Gasteiger charge is -2.06. The number of hydrogen-bond acceptors (Lipinski definition) is 5. The van der Waals surface area contributed by atoms with Crippen LogP contribution in [0.5, 0.6) is 0 Å². The van der Waals surface area contributed by atoms with Crippen LogP contribution in [0.15, 0.2) is 76.1 Å². The van der Waals surface area contributed by atoms with Gasteiger partial charge < -0.3 is 4.57 Å². The molecule has 28 heavy (non-hydrogen) atoms. The molecule has 7 nitrogen and oxygen atoms in total. The molecule has 1 heterocycles. The third-order valence-corrected chi connectivity index (χ3v) is 5.21. The minimum absolute atomic E-state index is 0.0101. The molecular formula is C19H15BrN4O3S. The molecule has 0 spiro atoms. The maximum atomic E-state index is 12.3. The number of nitrogens with zero attached hydrogens (tertiary/aromatic N) is 3. The van der Waals surface area contributed by atoms with Gasteiger partial charge in [-0.2, -0.15) is 0 Å². The second kappa shape index (κ2) is 8.77. The Morgan fingerprint density at radius 2 is 2.07 bits per heavy atom. The zero-order chi connectivity index (χ0) is 20.1. The highest BCUT2D eigenvalue weighted by molar-refractivity contribution is 9.10. The Morgan fingerprint density at radius 1 is 1.32 bits per heavy atom. The summed E-state index contributed by atoms with van der Waals surface area (Å²) in [6.07, 6.45) is 1.70. The van der Waals surface area contributed by atoms with Gasteiger partial charge in [-0.05, 0) is 24.3 Å². The van der Waals surface area contributed by atoms with E-state index in [9.17, 15) is 14.9 Å². The van der Waals surface area contributed by atoms with Crippen LogP contribution in [0.2, 0.25) is 0 Å². The van der Waals surface area contributed by atoms with Gasteiger partial charge in [0.05, 0.1) is 10.6 Å². The largest absolute Gasteiger partial charge is 0.311 e. The van der Waals surface area contributed by atoms with E-state index in [1.54, 1.807) is 42.5 Å². The quantitative estimate of drug-likeness (QED) is 0.338. The highest BCUT2D eigenvalue weighted by Crippen LogP contribution is 2.24. The zero-order valence-corrected chi connectivity index (χ0v) is 16.9. The second-order valence-corrected chi connectivity index (χ2v) is 7.42. The number of carbonyl (C=O) groups excluding carboxylic acids is 1. The fourth-order valence-corrected chi connectivity index (χ4v) is 3.64. The van der Waals surface area contributed by atoms with Crippen molar-refractivity contribution in [3.63, 3.8) is 0 Å². The first-order valence-electron chi connectivity index (χ1n) is 8.13. The molecule has 1 aromatic heterocycles. The van der Waals surface area contributed by atoms with Crippen molar-refractivity contribution in [2.45, 2.75) is 6.54 Å². The summed E-state index contributed by atoms with van der Waals surface area (Å²) in [6.45, 7) is 4.19. The normalized spacial score (nSPS) is 11.2. The standard InChI is InChI=1S/C19H15BrN4O3S/c1-2-10-23-17(14-4-3-5-16(11-14)24(26)27)12-28-19(23)22-21-18(25)13-6-8-15(20)9-7-13/h2-9,11-12H,1,10H2,(H,21,25). The third-order valence-electron chi connectivity index (χ3n) is 3.82. The number of allylic oxidation sites excluding steroid dienone is 1. The molecule has 0 radical (unpaired) electrons. The Morgan fingerprint density at radius 3 is 2.75 bits per heavy atom. The minimum Gasteiger partial charge on any atom is -0.311 e. The van der Waals surface area contributed by atoms with Crippen molar-refractivity contribution in [1.82, 2.24) is 9.99 Å². The molecule has 0 saturated carbocycles. The number of nitrogens with one attached hydrogen (secondary N) is 1. The fraction of sp³-hybridized carbons (Fsp3) is 0.0526. The first kappa shape index (κ1) is 19.7. The van der Waals surface area contributed by atoms with E-state index in [0.717, 1.165) is 10.2 Å². The molecule has 0 aliphatic heterocycles. The van der Waals surface area contributed by atoms with E-state index in [1.807, 2.05) is 9.95 Å². The molecule has 142 valence electrons. The number of thiazole rings is 1. The van der Waals surface area contributed by atoms with Crippen LogP contribution in [0, 0.1) is 10.1 Å². The van der Waals surface area contributed by atoms with E-state index in [-0.39, 0.29) is 11.6 Å². The van der Waals surface area contributed by atoms with Crippen LogP contribution >= 0.6 is 27.3 Å². The molecule has 0 fully saturated rings. The topological polar surface area (TPSA) is 89.5 Å². The maximum Gasteiger partial charge on any atom is 0.271 e. The van der Waals surface area contributed by atoms with Gasteiger partial charge in [-0.3, -0.25) is 14.9 Å². The molecule has 0 aliphatic carbocycles. The molecular weight excluding hydrogens is 444 g/mol. The smallest absolute Gasteiger partial charge is 0.271 e. The van der Waals surface area contributed by atoms with E-state index in [0.29, 0.717) is 22.5 Å².